The van der Waals surface area contributed by atoms with Crippen LogP contribution in [0.15, 0.2) is 61.1 Å². The molecule has 1 saturated heterocycles. The molecule has 0 aliphatic carbocycles. The average molecular weight is 468 g/mol. The molecule has 1 aliphatic rings. The molecule has 4 atom stereocenters. The summed E-state index contributed by atoms with van der Waals surface area (Å²) in [5, 5.41) is 34.6. The first-order valence-corrected chi connectivity index (χ1v) is 10.6. The lowest BCUT2D eigenvalue weighted by atomic mass is 9.99. The van der Waals surface area contributed by atoms with Gasteiger partial charge in [0.2, 0.25) is 0 Å². The minimum atomic E-state index is -1.38. The molecule has 0 bridgehead atoms. The minimum Gasteiger partial charge on any atom is -0.393 e. The summed E-state index contributed by atoms with van der Waals surface area (Å²) in [6.07, 6.45) is -0.753. The smallest absolute Gasteiger partial charge is 0.164 e. The molecule has 1 aliphatic heterocycles. The Balaban J connectivity index is 1.69. The SMILES string of the molecule is C[C@]1(CO)O[C@@H](n2cc(-c3ccc(F)cc3)c3c(Nc4ccc(F)cc4)ncnc32)[C@H](O)[C@@H]1O. The summed E-state index contributed by atoms with van der Waals surface area (Å²) in [7, 11) is 0. The molecule has 4 aromatic rings. The van der Waals surface area contributed by atoms with Crippen molar-refractivity contribution in [2.45, 2.75) is 31.0 Å². The van der Waals surface area contributed by atoms with E-state index in [2.05, 4.69) is 15.3 Å². The summed E-state index contributed by atoms with van der Waals surface area (Å²) in [5.74, 6) is -0.383. The Morgan fingerprint density at radius 3 is 2.29 bits per heavy atom. The van der Waals surface area contributed by atoms with E-state index in [4.69, 9.17) is 4.74 Å². The van der Waals surface area contributed by atoms with Gasteiger partial charge in [-0.05, 0) is 48.9 Å². The van der Waals surface area contributed by atoms with E-state index in [0.717, 1.165) is 0 Å². The molecular weight excluding hydrogens is 446 g/mol. The van der Waals surface area contributed by atoms with E-state index >= 15 is 0 Å². The van der Waals surface area contributed by atoms with Gasteiger partial charge in [0, 0.05) is 17.4 Å². The first-order valence-electron chi connectivity index (χ1n) is 10.6. The van der Waals surface area contributed by atoms with Crippen LogP contribution in [0, 0.1) is 11.6 Å². The highest BCUT2D eigenvalue weighted by Crippen LogP contribution is 2.42. The van der Waals surface area contributed by atoms with E-state index in [0.29, 0.717) is 33.7 Å². The quantitative estimate of drug-likeness (QED) is 0.356. The lowest BCUT2D eigenvalue weighted by Crippen LogP contribution is -2.43. The number of halogens is 2. The fourth-order valence-electron chi connectivity index (χ4n) is 4.18. The lowest BCUT2D eigenvalue weighted by Gasteiger charge is -2.24. The molecule has 34 heavy (non-hydrogen) atoms. The third kappa shape index (κ3) is 3.70. The molecular formula is C24H22F2N4O4. The van der Waals surface area contributed by atoms with E-state index in [1.807, 2.05) is 0 Å². The van der Waals surface area contributed by atoms with Gasteiger partial charge in [-0.2, -0.15) is 0 Å². The first-order chi connectivity index (χ1) is 16.3. The van der Waals surface area contributed by atoms with Crippen molar-refractivity contribution in [3.05, 3.63) is 72.7 Å². The maximum absolute atomic E-state index is 13.6. The van der Waals surface area contributed by atoms with E-state index in [1.165, 1.54) is 37.5 Å². The van der Waals surface area contributed by atoms with Crippen molar-refractivity contribution in [1.82, 2.24) is 14.5 Å². The summed E-state index contributed by atoms with van der Waals surface area (Å²) >= 11 is 0. The van der Waals surface area contributed by atoms with Gasteiger partial charge in [0.05, 0.1) is 12.0 Å². The van der Waals surface area contributed by atoms with Crippen molar-refractivity contribution >= 4 is 22.5 Å². The normalized spacial score (nSPS) is 24.6. The second-order valence-electron chi connectivity index (χ2n) is 8.42. The highest BCUT2D eigenvalue weighted by molar-refractivity contribution is 6.02. The van der Waals surface area contributed by atoms with E-state index in [9.17, 15) is 24.1 Å². The van der Waals surface area contributed by atoms with Crippen LogP contribution in [0.4, 0.5) is 20.3 Å². The molecule has 0 spiro atoms. The van der Waals surface area contributed by atoms with E-state index in [1.54, 1.807) is 35.0 Å². The van der Waals surface area contributed by atoms with Gasteiger partial charge in [0.25, 0.3) is 0 Å². The van der Waals surface area contributed by atoms with Crippen LogP contribution >= 0.6 is 0 Å². The second kappa shape index (κ2) is 8.41. The van der Waals surface area contributed by atoms with Crippen molar-refractivity contribution in [3.63, 3.8) is 0 Å². The van der Waals surface area contributed by atoms with Crippen LogP contribution < -0.4 is 5.32 Å². The first kappa shape index (κ1) is 22.4. The van der Waals surface area contributed by atoms with Crippen LogP contribution in [0.5, 0.6) is 0 Å². The van der Waals surface area contributed by atoms with Gasteiger partial charge in [0.15, 0.2) is 6.23 Å². The summed E-state index contributed by atoms with van der Waals surface area (Å²) in [6, 6.07) is 11.6. The Kier molecular flexibility index (Phi) is 5.53. The molecule has 10 heteroatoms. The van der Waals surface area contributed by atoms with Crippen LogP contribution in [0.25, 0.3) is 22.2 Å². The Morgan fingerprint density at radius 1 is 1.03 bits per heavy atom. The standard InChI is InChI=1S/C24H22F2N4O4/c1-24(11-31)20(33)19(32)23(34-24)30-10-17(13-2-4-14(25)5-3-13)18-21(27-12-28-22(18)30)29-16-8-6-15(26)7-9-16/h2-10,12,19-20,23,31-33H,11H2,1H3,(H,27,28,29)/t19-,20+,23-,24-/m1/s1. The van der Waals surface area contributed by atoms with E-state index < -0.39 is 36.5 Å². The third-order valence-electron chi connectivity index (χ3n) is 6.09. The van der Waals surface area contributed by atoms with Gasteiger partial charge in [0.1, 0.15) is 47.2 Å². The number of benzene rings is 2. The molecule has 5 rings (SSSR count). The Bertz CT molecular complexity index is 1330. The molecule has 176 valence electrons. The van der Waals surface area contributed by atoms with Crippen molar-refractivity contribution in [1.29, 1.82) is 0 Å². The zero-order valence-corrected chi connectivity index (χ0v) is 18.1. The average Bonchev–Trinajstić information content (AvgIpc) is 3.33. The summed E-state index contributed by atoms with van der Waals surface area (Å²) in [4.78, 5) is 8.73. The van der Waals surface area contributed by atoms with Gasteiger partial charge in [-0.1, -0.05) is 12.1 Å². The Labute approximate surface area is 193 Å². The maximum atomic E-state index is 13.6. The number of ether oxygens (including phenoxy) is 1. The van der Waals surface area contributed by atoms with Crippen LogP contribution in [-0.4, -0.2) is 54.3 Å². The van der Waals surface area contributed by atoms with Gasteiger partial charge in [-0.15, -0.1) is 0 Å². The van der Waals surface area contributed by atoms with Gasteiger partial charge >= 0.3 is 0 Å². The lowest BCUT2D eigenvalue weighted by molar-refractivity contribution is -0.115. The molecule has 8 nitrogen and oxygen atoms in total. The van der Waals surface area contributed by atoms with Crippen LogP contribution in [0.2, 0.25) is 0 Å². The number of nitrogens with zero attached hydrogens (tertiary/aromatic N) is 3. The fourth-order valence-corrected chi connectivity index (χ4v) is 4.18. The van der Waals surface area contributed by atoms with Crippen LogP contribution in [0.1, 0.15) is 13.2 Å². The van der Waals surface area contributed by atoms with Gasteiger partial charge in [-0.3, -0.25) is 0 Å². The number of hydrogen-bond donors (Lipinski definition) is 4. The topological polar surface area (TPSA) is 113 Å². The largest absolute Gasteiger partial charge is 0.393 e. The molecule has 0 radical (unpaired) electrons. The van der Waals surface area contributed by atoms with Gasteiger partial charge < -0.3 is 29.9 Å². The van der Waals surface area contributed by atoms with Crippen LogP contribution in [0.3, 0.4) is 0 Å². The van der Waals surface area contributed by atoms with Crippen molar-refractivity contribution in [2.75, 3.05) is 11.9 Å². The fraction of sp³-hybridized carbons (Fsp3) is 0.250. The predicted octanol–water partition coefficient (Wildman–Crippen LogP) is 3.12. The molecule has 0 saturated carbocycles. The number of hydrogen-bond acceptors (Lipinski definition) is 7. The summed E-state index contributed by atoms with van der Waals surface area (Å²) < 4.78 is 34.4. The zero-order chi connectivity index (χ0) is 24.0. The number of rotatable bonds is 5. The number of aliphatic hydroxyl groups is 3. The van der Waals surface area contributed by atoms with Crippen LogP contribution in [-0.2, 0) is 4.74 Å². The second-order valence-corrected chi connectivity index (χ2v) is 8.42. The van der Waals surface area contributed by atoms with Crippen molar-refractivity contribution in [2.24, 2.45) is 0 Å². The third-order valence-corrected chi connectivity index (χ3v) is 6.09. The predicted molar refractivity (Wildman–Crippen MR) is 120 cm³/mol. The zero-order valence-electron chi connectivity index (χ0n) is 18.1. The maximum Gasteiger partial charge on any atom is 0.164 e. The monoisotopic (exact) mass is 468 g/mol. The number of fused-ring (bicyclic) bond motifs is 1. The van der Waals surface area contributed by atoms with Crippen molar-refractivity contribution < 1.29 is 28.8 Å². The summed E-state index contributed by atoms with van der Waals surface area (Å²) in [5.41, 5.74) is 0.846. The molecule has 4 N–H and O–H groups in total. The minimum absolute atomic E-state index is 0.373. The van der Waals surface area contributed by atoms with E-state index in [-0.39, 0.29) is 5.82 Å². The Morgan fingerprint density at radius 2 is 1.68 bits per heavy atom. The highest BCUT2D eigenvalue weighted by atomic mass is 19.1. The number of aliphatic hydroxyl groups excluding tert-OH is 3. The number of nitrogens with one attached hydrogen (secondary N) is 1. The molecule has 1 fully saturated rings. The summed E-state index contributed by atoms with van der Waals surface area (Å²) in [6.45, 7) is 1.00. The van der Waals surface area contributed by atoms with Crippen molar-refractivity contribution in [3.8, 4) is 11.1 Å². The number of anilines is 2. The highest BCUT2D eigenvalue weighted by Gasteiger charge is 2.52. The Hall–Kier alpha value is -3.44. The molecule has 0 unspecified atom stereocenters. The number of aromatic nitrogens is 3. The molecule has 3 heterocycles. The molecule has 2 aromatic carbocycles. The molecule has 0 amide bonds. The van der Waals surface area contributed by atoms with Gasteiger partial charge in [-0.25, -0.2) is 18.7 Å². The molecule has 2 aromatic heterocycles.